The Labute approximate surface area is 174 Å². The van der Waals surface area contributed by atoms with Crippen LogP contribution in [0.1, 0.15) is 27.8 Å². The molecule has 0 radical (unpaired) electrons. The topological polar surface area (TPSA) is 18.5 Å². The molecule has 0 amide bonds. The Morgan fingerprint density at radius 2 is 1.28 bits per heavy atom. The first-order chi connectivity index (χ1) is 14.1. The second-order valence-corrected chi connectivity index (χ2v) is 6.36. The highest BCUT2D eigenvalue weighted by atomic mass is 16.5. The molecule has 148 valence electrons. The van der Waals surface area contributed by atoms with E-state index in [-0.39, 0.29) is 0 Å². The Morgan fingerprint density at radius 1 is 0.655 bits per heavy atom. The van der Waals surface area contributed by atoms with Crippen LogP contribution < -0.4 is 9.47 Å². The molecule has 0 aromatic heterocycles. The lowest BCUT2D eigenvalue weighted by Crippen LogP contribution is -1.90. The zero-order valence-corrected chi connectivity index (χ0v) is 17.4. The molecule has 0 heterocycles. The fraction of sp³-hybridized carbons (Fsp3) is 0.111. The standard InChI is InChI=1S/C18H18O2.C9H10/c1-4-14-9-7-11-18(20-3)16(14)13-12-15-8-5-6-10-17(15)19-2;1-3-9-6-4-8(2)5-7-9/h4-13H,1H2,2-3H3;3-7H,1H2,2H3. The van der Waals surface area contributed by atoms with Crippen molar-refractivity contribution in [3.63, 3.8) is 0 Å². The van der Waals surface area contributed by atoms with Gasteiger partial charge in [-0.2, -0.15) is 0 Å². The minimum atomic E-state index is 0.827. The minimum Gasteiger partial charge on any atom is -0.496 e. The van der Waals surface area contributed by atoms with E-state index in [0.29, 0.717) is 0 Å². The summed E-state index contributed by atoms with van der Waals surface area (Å²) < 4.78 is 10.7. The summed E-state index contributed by atoms with van der Waals surface area (Å²) in [5, 5.41) is 0. The van der Waals surface area contributed by atoms with E-state index in [2.05, 4.69) is 44.3 Å². The average Bonchev–Trinajstić information content (AvgIpc) is 2.78. The van der Waals surface area contributed by atoms with Crippen LogP contribution in [0.15, 0.2) is 79.9 Å². The molecule has 3 aromatic carbocycles. The molecule has 0 saturated heterocycles. The number of ether oxygens (including phenoxy) is 2. The molecule has 3 aromatic rings. The maximum absolute atomic E-state index is 5.40. The van der Waals surface area contributed by atoms with Gasteiger partial charge in [0, 0.05) is 11.1 Å². The molecule has 29 heavy (non-hydrogen) atoms. The Balaban J connectivity index is 0.000000278. The predicted octanol–water partition coefficient (Wildman–Crippen LogP) is 7.16. The van der Waals surface area contributed by atoms with Crippen molar-refractivity contribution < 1.29 is 9.47 Å². The van der Waals surface area contributed by atoms with Crippen LogP contribution in [0.4, 0.5) is 0 Å². The monoisotopic (exact) mass is 384 g/mol. The fourth-order valence-corrected chi connectivity index (χ4v) is 2.78. The van der Waals surface area contributed by atoms with E-state index in [9.17, 15) is 0 Å². The van der Waals surface area contributed by atoms with Gasteiger partial charge >= 0.3 is 0 Å². The molecule has 0 atom stereocenters. The van der Waals surface area contributed by atoms with E-state index in [4.69, 9.17) is 9.47 Å². The van der Waals surface area contributed by atoms with Gasteiger partial charge in [-0.3, -0.25) is 0 Å². The van der Waals surface area contributed by atoms with Crippen molar-refractivity contribution in [1.82, 2.24) is 0 Å². The number of hydrogen-bond acceptors (Lipinski definition) is 2. The third-order valence-corrected chi connectivity index (χ3v) is 4.42. The smallest absolute Gasteiger partial charge is 0.126 e. The highest BCUT2D eigenvalue weighted by molar-refractivity contribution is 5.79. The molecule has 3 rings (SSSR count). The Bertz CT molecular complexity index is 966. The number of rotatable bonds is 6. The molecule has 0 N–H and O–H groups in total. The van der Waals surface area contributed by atoms with E-state index < -0.39 is 0 Å². The van der Waals surface area contributed by atoms with Gasteiger partial charge < -0.3 is 9.47 Å². The number of benzene rings is 3. The molecule has 2 nitrogen and oxygen atoms in total. The largest absolute Gasteiger partial charge is 0.496 e. The van der Waals surface area contributed by atoms with Crippen LogP contribution in [0.2, 0.25) is 0 Å². The van der Waals surface area contributed by atoms with Crippen molar-refractivity contribution in [2.45, 2.75) is 6.92 Å². The normalized spacial score (nSPS) is 10.0. The van der Waals surface area contributed by atoms with Crippen molar-refractivity contribution in [3.05, 3.63) is 108 Å². The highest BCUT2D eigenvalue weighted by Gasteiger charge is 2.04. The van der Waals surface area contributed by atoms with Crippen LogP contribution in [-0.4, -0.2) is 14.2 Å². The van der Waals surface area contributed by atoms with Gasteiger partial charge in [0.15, 0.2) is 0 Å². The summed E-state index contributed by atoms with van der Waals surface area (Å²) in [7, 11) is 3.34. The summed E-state index contributed by atoms with van der Waals surface area (Å²) in [5.74, 6) is 1.67. The van der Waals surface area contributed by atoms with Crippen LogP contribution in [0, 0.1) is 6.92 Å². The molecule has 0 bridgehead atoms. The summed E-state index contributed by atoms with van der Waals surface area (Å²) in [5.41, 5.74) is 5.54. The molecule has 0 aliphatic carbocycles. The van der Waals surface area contributed by atoms with Crippen molar-refractivity contribution in [2.24, 2.45) is 0 Å². The summed E-state index contributed by atoms with van der Waals surface area (Å²) in [4.78, 5) is 0. The Kier molecular flexibility index (Phi) is 8.52. The first-order valence-electron chi connectivity index (χ1n) is 9.42. The minimum absolute atomic E-state index is 0.827. The molecule has 0 aliphatic heterocycles. The maximum Gasteiger partial charge on any atom is 0.126 e. The van der Waals surface area contributed by atoms with Gasteiger partial charge in [-0.05, 0) is 36.3 Å². The Hall–Kier alpha value is -3.52. The molecule has 0 saturated carbocycles. The molecule has 0 aliphatic rings. The lowest BCUT2D eigenvalue weighted by atomic mass is 10.0. The van der Waals surface area contributed by atoms with E-state index >= 15 is 0 Å². The first kappa shape index (κ1) is 21.8. The second-order valence-electron chi connectivity index (χ2n) is 6.36. The third-order valence-electron chi connectivity index (χ3n) is 4.42. The molecule has 0 fully saturated rings. The van der Waals surface area contributed by atoms with E-state index in [1.54, 1.807) is 14.2 Å². The van der Waals surface area contributed by atoms with Crippen LogP contribution >= 0.6 is 0 Å². The van der Waals surface area contributed by atoms with Crippen LogP contribution in [0.3, 0.4) is 0 Å². The summed E-state index contributed by atoms with van der Waals surface area (Å²) in [6.45, 7) is 9.58. The van der Waals surface area contributed by atoms with E-state index in [1.165, 1.54) is 11.1 Å². The third kappa shape index (κ3) is 6.25. The van der Waals surface area contributed by atoms with Crippen molar-refractivity contribution >= 4 is 24.3 Å². The molecule has 2 heteroatoms. The van der Waals surface area contributed by atoms with Gasteiger partial charge in [0.25, 0.3) is 0 Å². The SMILES string of the molecule is C=Cc1ccc(C)cc1.C=Cc1cccc(OC)c1C=Cc1ccccc1OC. The second kappa shape index (κ2) is 11.4. The van der Waals surface area contributed by atoms with Gasteiger partial charge in [-0.25, -0.2) is 0 Å². The van der Waals surface area contributed by atoms with Crippen LogP contribution in [0.25, 0.3) is 24.3 Å². The highest BCUT2D eigenvalue weighted by Crippen LogP contribution is 2.27. The van der Waals surface area contributed by atoms with Crippen molar-refractivity contribution in [2.75, 3.05) is 14.2 Å². The molecule has 0 unspecified atom stereocenters. The zero-order valence-electron chi connectivity index (χ0n) is 17.4. The molecular formula is C27H28O2. The fourth-order valence-electron chi connectivity index (χ4n) is 2.78. The molecular weight excluding hydrogens is 356 g/mol. The average molecular weight is 385 g/mol. The van der Waals surface area contributed by atoms with Gasteiger partial charge in [-0.15, -0.1) is 0 Å². The predicted molar refractivity (Wildman–Crippen MR) is 126 cm³/mol. The van der Waals surface area contributed by atoms with Gasteiger partial charge in [0.1, 0.15) is 11.5 Å². The van der Waals surface area contributed by atoms with Gasteiger partial charge in [0.05, 0.1) is 14.2 Å². The summed E-state index contributed by atoms with van der Waals surface area (Å²) >= 11 is 0. The number of methoxy groups -OCH3 is 2. The van der Waals surface area contributed by atoms with Gasteiger partial charge in [-0.1, -0.05) is 91.5 Å². The number of aryl methyl sites for hydroxylation is 1. The number of hydrogen-bond donors (Lipinski definition) is 0. The van der Waals surface area contributed by atoms with Crippen molar-refractivity contribution in [3.8, 4) is 11.5 Å². The quantitative estimate of drug-likeness (QED) is 0.420. The van der Waals surface area contributed by atoms with Crippen molar-refractivity contribution in [1.29, 1.82) is 0 Å². The first-order valence-corrected chi connectivity index (χ1v) is 9.42. The van der Waals surface area contributed by atoms with Crippen LogP contribution in [0.5, 0.6) is 11.5 Å². The lowest BCUT2D eigenvalue weighted by molar-refractivity contribution is 0.413. The van der Waals surface area contributed by atoms with Crippen LogP contribution in [-0.2, 0) is 0 Å². The number of para-hydroxylation sites is 1. The molecule has 0 spiro atoms. The lowest BCUT2D eigenvalue weighted by Gasteiger charge is -2.08. The van der Waals surface area contributed by atoms with E-state index in [0.717, 1.165) is 28.2 Å². The zero-order chi connectivity index (χ0) is 21.1. The summed E-state index contributed by atoms with van der Waals surface area (Å²) in [6, 6.07) is 22.1. The van der Waals surface area contributed by atoms with E-state index in [1.807, 2.05) is 66.8 Å². The summed E-state index contributed by atoms with van der Waals surface area (Å²) in [6.07, 6.45) is 7.71. The van der Waals surface area contributed by atoms with Gasteiger partial charge in [0.2, 0.25) is 0 Å². The Morgan fingerprint density at radius 3 is 1.90 bits per heavy atom. The maximum atomic E-state index is 5.40.